The lowest BCUT2D eigenvalue weighted by atomic mass is 10.1. The highest BCUT2D eigenvalue weighted by Gasteiger charge is 2.33. The van der Waals surface area contributed by atoms with E-state index in [1.165, 1.54) is 11.0 Å². The third-order valence-corrected chi connectivity index (χ3v) is 2.36. The molecule has 0 atom stereocenters. The lowest BCUT2D eigenvalue weighted by Gasteiger charge is -2.07. The van der Waals surface area contributed by atoms with Crippen molar-refractivity contribution in [2.75, 3.05) is 0 Å². The van der Waals surface area contributed by atoms with Crippen molar-refractivity contribution in [3.8, 4) is 11.4 Å². The summed E-state index contributed by atoms with van der Waals surface area (Å²) in [6, 6.07) is 2.24. The van der Waals surface area contributed by atoms with Gasteiger partial charge in [-0.1, -0.05) is 0 Å². The van der Waals surface area contributed by atoms with Crippen LogP contribution in [0.5, 0.6) is 0 Å². The maximum Gasteiger partial charge on any atom is 0.416 e. The lowest BCUT2D eigenvalue weighted by molar-refractivity contribution is -0.384. The molecule has 0 radical (unpaired) electrons. The van der Waals surface area contributed by atoms with Crippen LogP contribution in [-0.2, 0) is 13.2 Å². The highest BCUT2D eigenvalue weighted by molar-refractivity contribution is 5.68. The van der Waals surface area contributed by atoms with Crippen molar-refractivity contribution in [1.29, 1.82) is 0 Å². The van der Waals surface area contributed by atoms with Crippen LogP contribution >= 0.6 is 0 Å². The fraction of sp³-hybridized carbons (Fsp3) is 0.200. The first-order valence-electron chi connectivity index (χ1n) is 5.00. The number of nitro groups is 1. The number of nitro benzene ring substituents is 1. The summed E-state index contributed by atoms with van der Waals surface area (Å²) in [7, 11) is 1.55. The Morgan fingerprint density at radius 3 is 2.53 bits per heavy atom. The van der Waals surface area contributed by atoms with Crippen LogP contribution in [0.15, 0.2) is 24.5 Å². The Morgan fingerprint density at radius 2 is 2.05 bits per heavy atom. The number of halogens is 3. The molecule has 0 unspecified atom stereocenters. The van der Waals surface area contributed by atoms with Gasteiger partial charge >= 0.3 is 6.18 Å². The first-order chi connectivity index (χ1) is 8.79. The smallest absolute Gasteiger partial charge is 0.258 e. The molecule has 0 amide bonds. The van der Waals surface area contributed by atoms with Gasteiger partial charge in [0.15, 0.2) is 5.82 Å². The van der Waals surface area contributed by atoms with Gasteiger partial charge in [-0.15, -0.1) is 0 Å². The van der Waals surface area contributed by atoms with Gasteiger partial charge in [0.25, 0.3) is 5.69 Å². The molecular formula is C10H7F3N4O2. The monoisotopic (exact) mass is 272 g/mol. The van der Waals surface area contributed by atoms with E-state index in [-0.39, 0.29) is 11.4 Å². The molecular weight excluding hydrogens is 265 g/mol. The average Bonchev–Trinajstić information content (AvgIpc) is 2.73. The topological polar surface area (TPSA) is 73.8 Å². The van der Waals surface area contributed by atoms with Gasteiger partial charge in [0.1, 0.15) is 6.33 Å². The van der Waals surface area contributed by atoms with Crippen molar-refractivity contribution in [1.82, 2.24) is 14.8 Å². The molecule has 0 fully saturated rings. The van der Waals surface area contributed by atoms with Crippen LogP contribution in [0.4, 0.5) is 18.9 Å². The first kappa shape index (κ1) is 13.0. The zero-order valence-corrected chi connectivity index (χ0v) is 9.55. The summed E-state index contributed by atoms with van der Waals surface area (Å²) in [5.41, 5.74) is -1.82. The molecule has 2 rings (SSSR count). The van der Waals surface area contributed by atoms with Gasteiger partial charge in [-0.3, -0.25) is 14.8 Å². The molecule has 1 heterocycles. The summed E-state index contributed by atoms with van der Waals surface area (Å²) in [5, 5.41) is 14.7. The van der Waals surface area contributed by atoms with E-state index in [2.05, 4.69) is 10.1 Å². The van der Waals surface area contributed by atoms with Gasteiger partial charge in [-0.2, -0.15) is 18.3 Å². The summed E-state index contributed by atoms with van der Waals surface area (Å²) in [6.45, 7) is 0. The van der Waals surface area contributed by atoms with Crippen LogP contribution in [0.2, 0.25) is 0 Å². The minimum Gasteiger partial charge on any atom is -0.258 e. The summed E-state index contributed by atoms with van der Waals surface area (Å²) < 4.78 is 38.8. The van der Waals surface area contributed by atoms with Crippen molar-refractivity contribution >= 4 is 5.69 Å². The second-order valence-electron chi connectivity index (χ2n) is 3.73. The highest BCUT2D eigenvalue weighted by Crippen LogP contribution is 2.35. The Bertz CT molecular complexity index is 636. The first-order valence-corrected chi connectivity index (χ1v) is 5.00. The van der Waals surface area contributed by atoms with E-state index in [0.717, 1.165) is 12.1 Å². The molecule has 19 heavy (non-hydrogen) atoms. The number of nitrogens with zero attached hydrogens (tertiary/aromatic N) is 4. The van der Waals surface area contributed by atoms with Gasteiger partial charge in [0.05, 0.1) is 16.1 Å². The summed E-state index contributed by atoms with van der Waals surface area (Å²) >= 11 is 0. The number of benzene rings is 1. The Kier molecular flexibility index (Phi) is 2.97. The fourth-order valence-electron chi connectivity index (χ4n) is 1.51. The number of alkyl halides is 3. The number of hydrogen-bond acceptors (Lipinski definition) is 4. The largest absolute Gasteiger partial charge is 0.416 e. The zero-order chi connectivity index (χ0) is 14.2. The normalized spacial score (nSPS) is 11.6. The van der Waals surface area contributed by atoms with Crippen molar-refractivity contribution < 1.29 is 18.1 Å². The maximum absolute atomic E-state index is 12.5. The third-order valence-electron chi connectivity index (χ3n) is 2.36. The Labute approximate surface area is 104 Å². The number of aromatic nitrogens is 3. The van der Waals surface area contributed by atoms with E-state index in [0.29, 0.717) is 6.07 Å². The van der Waals surface area contributed by atoms with E-state index < -0.39 is 22.4 Å². The molecule has 1 aromatic heterocycles. The predicted octanol–water partition coefficient (Wildman–Crippen LogP) is 2.41. The van der Waals surface area contributed by atoms with E-state index >= 15 is 0 Å². The second-order valence-corrected chi connectivity index (χ2v) is 3.73. The quantitative estimate of drug-likeness (QED) is 0.621. The number of aryl methyl sites for hydroxylation is 1. The Hall–Kier alpha value is -2.45. The minimum absolute atomic E-state index is 0.00271. The molecule has 0 aliphatic carbocycles. The summed E-state index contributed by atoms with van der Waals surface area (Å²) in [5.74, 6) is 0.00271. The molecule has 0 aliphatic rings. The molecule has 0 saturated heterocycles. The fourth-order valence-corrected chi connectivity index (χ4v) is 1.51. The van der Waals surface area contributed by atoms with Crippen LogP contribution in [0, 0.1) is 10.1 Å². The van der Waals surface area contributed by atoms with Crippen LogP contribution < -0.4 is 0 Å². The van der Waals surface area contributed by atoms with Gasteiger partial charge < -0.3 is 0 Å². The molecule has 100 valence electrons. The number of hydrogen-bond donors (Lipinski definition) is 0. The average molecular weight is 272 g/mol. The molecule has 1 aromatic carbocycles. The number of rotatable bonds is 2. The third kappa shape index (κ3) is 2.54. The van der Waals surface area contributed by atoms with Crippen molar-refractivity contribution in [2.24, 2.45) is 7.05 Å². The minimum atomic E-state index is -4.64. The van der Waals surface area contributed by atoms with Crippen LogP contribution in [0.25, 0.3) is 11.4 Å². The Morgan fingerprint density at radius 1 is 1.37 bits per heavy atom. The van der Waals surface area contributed by atoms with E-state index in [9.17, 15) is 23.3 Å². The molecule has 0 N–H and O–H groups in total. The molecule has 0 saturated carbocycles. The van der Waals surface area contributed by atoms with Crippen LogP contribution in [0.3, 0.4) is 0 Å². The predicted molar refractivity (Wildman–Crippen MR) is 58.1 cm³/mol. The van der Waals surface area contributed by atoms with Gasteiger partial charge in [0.2, 0.25) is 0 Å². The lowest BCUT2D eigenvalue weighted by Crippen LogP contribution is -2.06. The molecule has 9 heteroatoms. The zero-order valence-electron chi connectivity index (χ0n) is 9.55. The maximum atomic E-state index is 12.5. The van der Waals surface area contributed by atoms with Gasteiger partial charge in [-0.05, 0) is 12.1 Å². The molecule has 0 bridgehead atoms. The van der Waals surface area contributed by atoms with E-state index in [1.807, 2.05) is 0 Å². The van der Waals surface area contributed by atoms with Gasteiger partial charge in [-0.25, -0.2) is 4.98 Å². The highest BCUT2D eigenvalue weighted by atomic mass is 19.4. The molecule has 0 aliphatic heterocycles. The van der Waals surface area contributed by atoms with Gasteiger partial charge in [0, 0.05) is 13.1 Å². The summed E-state index contributed by atoms with van der Waals surface area (Å²) in [6.07, 6.45) is -3.34. The van der Waals surface area contributed by atoms with E-state index in [4.69, 9.17) is 0 Å². The van der Waals surface area contributed by atoms with Crippen LogP contribution in [-0.4, -0.2) is 19.7 Å². The molecule has 2 aromatic rings. The van der Waals surface area contributed by atoms with E-state index in [1.54, 1.807) is 7.05 Å². The SMILES string of the molecule is Cn1cnc(-c2ccc(C(F)(F)F)cc2[N+](=O)[O-])n1. The summed E-state index contributed by atoms with van der Waals surface area (Å²) in [4.78, 5) is 13.8. The van der Waals surface area contributed by atoms with Crippen molar-refractivity contribution in [3.63, 3.8) is 0 Å². The Balaban J connectivity index is 2.60. The second kappa shape index (κ2) is 4.34. The van der Waals surface area contributed by atoms with Crippen molar-refractivity contribution in [2.45, 2.75) is 6.18 Å². The van der Waals surface area contributed by atoms with Crippen LogP contribution in [0.1, 0.15) is 5.56 Å². The van der Waals surface area contributed by atoms with Crippen molar-refractivity contribution in [3.05, 3.63) is 40.2 Å². The molecule has 0 spiro atoms. The molecule has 6 nitrogen and oxygen atoms in total. The standard InChI is InChI=1S/C10H7F3N4O2/c1-16-5-14-9(15-16)7-3-2-6(10(11,12)13)4-8(7)17(18)19/h2-5H,1H3.